The van der Waals surface area contributed by atoms with Crippen LogP contribution in [0.5, 0.6) is 0 Å². The Labute approximate surface area is 82.7 Å². The maximum Gasteiger partial charge on any atom is 1.00 e. The first kappa shape index (κ1) is 22.6. The molecule has 0 bridgehead atoms. The molecule has 8 heavy (non-hydrogen) atoms. The van der Waals surface area contributed by atoms with Crippen LogP contribution in [0.15, 0.2) is 0 Å². The molecule has 0 aliphatic rings. The minimum absolute atomic E-state index is 0. The van der Waals surface area contributed by atoms with E-state index < -0.39 is 22.7 Å². The van der Waals surface area contributed by atoms with Gasteiger partial charge in [-0.3, -0.25) is 0 Å². The molecule has 0 N–H and O–H groups in total. The van der Waals surface area contributed by atoms with Gasteiger partial charge in [-0.1, -0.05) is 0 Å². The Hall–Kier alpha value is 1.71. The fraction of sp³-hybridized carbons (Fsp3) is 0. The van der Waals surface area contributed by atoms with Crippen molar-refractivity contribution in [1.29, 1.82) is 0 Å². The summed E-state index contributed by atoms with van der Waals surface area (Å²) in [5.74, 6) is 0. The second-order valence-electron chi connectivity index (χ2n) is 0.126. The van der Waals surface area contributed by atoms with E-state index in [4.69, 9.17) is 18.6 Å². The van der Waals surface area contributed by atoms with Crippen LogP contribution >= 0.6 is 0 Å². The largest absolute Gasteiger partial charge is 1.00 e. The van der Waals surface area contributed by atoms with Crippen LogP contribution in [-0.2, 0) is 0 Å². The number of halogens is 3. The molecule has 0 amide bonds. The number of hydrogen-bond acceptors (Lipinski definition) is 4. The Morgan fingerprint density at radius 3 is 0.750 bits per heavy atom. The molecule has 0 fully saturated rings. The van der Waals surface area contributed by atoms with E-state index in [1.54, 1.807) is 0 Å². The average Bonchev–Trinajstić information content (AvgIpc) is 1.39. The van der Waals surface area contributed by atoms with Gasteiger partial charge in [0.05, 0.1) is 35.1 Å². The molecular formula is H2Cl3NaO4. The Balaban J connectivity index is -0.0000000160. The molecule has 0 radical (unpaired) electrons. The summed E-state index contributed by atoms with van der Waals surface area (Å²) in [5, 5.41) is 0. The van der Waals surface area contributed by atoms with E-state index in [1.807, 2.05) is 0 Å². The average molecular weight is 195 g/mol. The molecule has 0 spiro atoms. The summed E-state index contributed by atoms with van der Waals surface area (Å²) >= 11 is -0.833. The molecule has 8 heteroatoms. The second-order valence-corrected chi connectivity index (χ2v) is 0.378. The van der Waals surface area contributed by atoms with Crippen LogP contribution in [0, 0.1) is 35.1 Å². The van der Waals surface area contributed by atoms with Crippen LogP contribution in [0.3, 0.4) is 0 Å². The first-order chi connectivity index (χ1) is 2.83. The maximum atomic E-state index is 8.24. The van der Waals surface area contributed by atoms with Gasteiger partial charge in [-0.05, 0) is 0 Å². The summed E-state index contributed by atoms with van der Waals surface area (Å²) in [4.78, 5) is 0. The number of hydrogen-bond donors (Lipinski definition) is 0. The van der Waals surface area contributed by atoms with Crippen LogP contribution in [-0.4, -0.2) is 0 Å². The van der Waals surface area contributed by atoms with Gasteiger partial charge in [-0.25, -0.2) is 0 Å². The third-order valence-corrected chi connectivity index (χ3v) is 0. The standard InChI is InChI=1S/2ClO2.ClH2.Na/c2*2-1-3;;/h;;1H2;/q2*-1;2*+1. The molecule has 48 valence electrons. The summed E-state index contributed by atoms with van der Waals surface area (Å²) in [6.07, 6.45) is 0. The molecule has 0 atom stereocenters. The zero-order valence-corrected chi connectivity index (χ0v) is 8.24. The molecule has 0 aromatic heterocycles. The summed E-state index contributed by atoms with van der Waals surface area (Å²) < 4.78 is 32.9. The normalized spacial score (nSPS) is 4.50. The maximum absolute atomic E-state index is 8.24. The summed E-state index contributed by atoms with van der Waals surface area (Å²) in [5.41, 5.74) is 0. The summed E-state index contributed by atoms with van der Waals surface area (Å²) in [7, 11) is 0. The Kier molecular flexibility index (Phi) is 106. The van der Waals surface area contributed by atoms with Crippen LogP contribution in [0.25, 0.3) is 0 Å². The van der Waals surface area contributed by atoms with E-state index >= 15 is 0 Å². The minimum atomic E-state index is -0.417. The summed E-state index contributed by atoms with van der Waals surface area (Å²) in [6.45, 7) is 0. The fourth-order valence-electron chi connectivity index (χ4n) is 0. The van der Waals surface area contributed by atoms with Crippen LogP contribution in [0.1, 0.15) is 0 Å². The molecule has 0 aliphatic carbocycles. The predicted molar refractivity (Wildman–Crippen MR) is 2.79 cm³/mol. The van der Waals surface area contributed by atoms with E-state index in [-0.39, 0.29) is 42.0 Å². The molecule has 0 unspecified atom stereocenters. The Morgan fingerprint density at radius 1 is 0.750 bits per heavy atom. The van der Waals surface area contributed by atoms with Gasteiger partial charge in [-0.2, -0.15) is 0 Å². The van der Waals surface area contributed by atoms with Gasteiger partial charge in [0.2, 0.25) is 0 Å². The molecule has 0 saturated heterocycles. The van der Waals surface area contributed by atoms with Gasteiger partial charge in [0.1, 0.15) is 0 Å². The van der Waals surface area contributed by atoms with Gasteiger partial charge in [0.15, 0.2) is 0 Å². The first-order valence-electron chi connectivity index (χ1n) is 0.617. The van der Waals surface area contributed by atoms with Crippen molar-refractivity contribution in [3.8, 4) is 0 Å². The van der Waals surface area contributed by atoms with E-state index in [0.29, 0.717) is 0 Å². The van der Waals surface area contributed by atoms with Crippen molar-refractivity contribution in [3.63, 3.8) is 0 Å². The van der Waals surface area contributed by atoms with Gasteiger partial charge in [0, 0.05) is 0 Å². The molecule has 0 heterocycles. The molecule has 4 nitrogen and oxygen atoms in total. The Morgan fingerprint density at radius 2 is 0.750 bits per heavy atom. The van der Waals surface area contributed by atoms with Crippen molar-refractivity contribution < 1.29 is 83.3 Å². The predicted octanol–water partition coefficient (Wildman–Crippen LogP) is -8.29. The number of rotatable bonds is 0. The quantitative estimate of drug-likeness (QED) is 0.359. The summed E-state index contributed by atoms with van der Waals surface area (Å²) in [6, 6.07) is 0. The molecule has 0 aromatic carbocycles. The van der Waals surface area contributed by atoms with E-state index in [0.717, 1.165) is 0 Å². The van der Waals surface area contributed by atoms with Crippen molar-refractivity contribution in [1.82, 2.24) is 0 Å². The first-order valence-corrected chi connectivity index (χ1v) is 1.85. The van der Waals surface area contributed by atoms with Gasteiger partial charge >= 0.3 is 29.6 Å². The van der Waals surface area contributed by atoms with Crippen LogP contribution in [0.2, 0.25) is 0 Å². The SMILES string of the molecule is [ClH2+].[Na+].[O-][Cl+][O-].[O-][Cl+][O-]. The van der Waals surface area contributed by atoms with Crippen molar-refractivity contribution >= 4 is 0 Å². The Bertz CT molecular complexity index is 13.2. The smallest absolute Gasteiger partial charge is 0.544 e. The third kappa shape index (κ3) is 119. The molecular weight excluding hydrogens is 193 g/mol. The molecule has 0 rings (SSSR count). The van der Waals surface area contributed by atoms with Crippen molar-refractivity contribution in [2.75, 3.05) is 0 Å². The molecule has 0 aromatic rings. The van der Waals surface area contributed by atoms with E-state index in [2.05, 4.69) is 0 Å². The fourth-order valence-corrected chi connectivity index (χ4v) is 0. The third-order valence-electron chi connectivity index (χ3n) is 0. The minimum Gasteiger partial charge on any atom is -0.544 e. The molecule has 0 saturated carbocycles. The van der Waals surface area contributed by atoms with E-state index in [1.165, 1.54) is 0 Å². The second kappa shape index (κ2) is 37.6. The molecule has 0 aliphatic heterocycles. The van der Waals surface area contributed by atoms with Gasteiger partial charge in [-0.15, -0.1) is 0 Å². The topological polar surface area (TPSA) is 92.2 Å². The monoisotopic (exact) mass is 194 g/mol. The van der Waals surface area contributed by atoms with Crippen LogP contribution < -0.4 is 48.2 Å². The zero-order chi connectivity index (χ0) is 5.41. The van der Waals surface area contributed by atoms with Gasteiger partial charge < -0.3 is 18.6 Å². The van der Waals surface area contributed by atoms with E-state index in [9.17, 15) is 0 Å². The van der Waals surface area contributed by atoms with Crippen LogP contribution in [0.4, 0.5) is 0 Å². The van der Waals surface area contributed by atoms with Crippen molar-refractivity contribution in [2.45, 2.75) is 0 Å². The van der Waals surface area contributed by atoms with Gasteiger partial charge in [0.25, 0.3) is 0 Å². The van der Waals surface area contributed by atoms with Crippen molar-refractivity contribution in [2.24, 2.45) is 0 Å². The van der Waals surface area contributed by atoms with Crippen molar-refractivity contribution in [3.05, 3.63) is 0 Å². The zero-order valence-electron chi connectivity index (χ0n) is 3.84.